The van der Waals surface area contributed by atoms with Gasteiger partial charge in [-0.2, -0.15) is 8.42 Å². The molecule has 1 aliphatic rings. The number of β-lactam (4-membered cyclic amide) rings is 1. The van der Waals surface area contributed by atoms with Crippen LogP contribution in [0.5, 0.6) is 0 Å². The first kappa shape index (κ1) is 7.49. The Bertz CT molecular complexity index is 256. The molecule has 1 heterocycles. The lowest BCUT2D eigenvalue weighted by Gasteiger charge is -2.32. The van der Waals surface area contributed by atoms with Crippen molar-refractivity contribution in [2.45, 2.75) is 5.25 Å². The van der Waals surface area contributed by atoms with Crippen molar-refractivity contribution in [2.75, 3.05) is 13.6 Å². The van der Waals surface area contributed by atoms with Crippen molar-refractivity contribution in [1.29, 1.82) is 0 Å². The zero-order chi connectivity index (χ0) is 7.94. The van der Waals surface area contributed by atoms with E-state index in [9.17, 15) is 13.2 Å². The van der Waals surface area contributed by atoms with Crippen molar-refractivity contribution in [3.05, 3.63) is 0 Å². The Morgan fingerprint density at radius 3 is 2.30 bits per heavy atom. The molecule has 1 atom stereocenters. The lowest BCUT2D eigenvalue weighted by atomic mass is 10.2. The molecule has 1 amide bonds. The zero-order valence-corrected chi connectivity index (χ0v) is 6.13. The van der Waals surface area contributed by atoms with Crippen LogP contribution in [0.4, 0.5) is 0 Å². The SMILES string of the molecule is CN1CC(S(=O)(=O)O)C1=O. The highest BCUT2D eigenvalue weighted by molar-refractivity contribution is 7.87. The fourth-order valence-electron chi connectivity index (χ4n) is 0.772. The van der Waals surface area contributed by atoms with Gasteiger partial charge in [0, 0.05) is 13.6 Å². The van der Waals surface area contributed by atoms with E-state index in [1.807, 2.05) is 0 Å². The van der Waals surface area contributed by atoms with Gasteiger partial charge < -0.3 is 4.90 Å². The summed E-state index contributed by atoms with van der Waals surface area (Å²) in [4.78, 5) is 11.8. The lowest BCUT2D eigenvalue weighted by molar-refractivity contribution is -0.137. The summed E-state index contributed by atoms with van der Waals surface area (Å²) in [5.41, 5.74) is 0. The second-order valence-corrected chi connectivity index (χ2v) is 3.82. The minimum atomic E-state index is -4.14. The fraction of sp³-hybridized carbons (Fsp3) is 0.750. The number of carbonyl (C=O) groups is 1. The molecule has 0 aromatic rings. The van der Waals surface area contributed by atoms with Gasteiger partial charge in [-0.1, -0.05) is 0 Å². The maximum Gasteiger partial charge on any atom is 0.278 e. The monoisotopic (exact) mass is 165 g/mol. The minimum absolute atomic E-state index is 0.0949. The molecule has 1 aliphatic heterocycles. The first-order valence-electron chi connectivity index (χ1n) is 2.64. The minimum Gasteiger partial charge on any atom is -0.343 e. The summed E-state index contributed by atoms with van der Waals surface area (Å²) < 4.78 is 28.9. The van der Waals surface area contributed by atoms with Gasteiger partial charge in [0.1, 0.15) is 0 Å². The van der Waals surface area contributed by atoms with E-state index in [1.165, 1.54) is 11.9 Å². The van der Waals surface area contributed by atoms with Crippen LogP contribution in [0.15, 0.2) is 0 Å². The Kier molecular flexibility index (Phi) is 1.44. The van der Waals surface area contributed by atoms with E-state index in [-0.39, 0.29) is 6.54 Å². The molecule has 6 heteroatoms. The van der Waals surface area contributed by atoms with Crippen molar-refractivity contribution in [3.63, 3.8) is 0 Å². The summed E-state index contributed by atoms with van der Waals surface area (Å²) in [7, 11) is -2.66. The highest BCUT2D eigenvalue weighted by atomic mass is 32.2. The molecule has 1 N–H and O–H groups in total. The van der Waals surface area contributed by atoms with Crippen molar-refractivity contribution in [3.8, 4) is 0 Å². The normalized spacial score (nSPS) is 26.4. The van der Waals surface area contributed by atoms with Crippen molar-refractivity contribution >= 4 is 16.0 Å². The summed E-state index contributed by atoms with van der Waals surface area (Å²) >= 11 is 0. The van der Waals surface area contributed by atoms with Gasteiger partial charge in [-0.05, 0) is 0 Å². The number of nitrogens with zero attached hydrogens (tertiary/aromatic N) is 1. The van der Waals surface area contributed by atoms with Crippen LogP contribution in [0.25, 0.3) is 0 Å². The van der Waals surface area contributed by atoms with Crippen LogP contribution in [0.3, 0.4) is 0 Å². The molecule has 1 rings (SSSR count). The molecular weight excluding hydrogens is 158 g/mol. The topological polar surface area (TPSA) is 74.7 Å². The van der Waals surface area contributed by atoms with Crippen molar-refractivity contribution in [1.82, 2.24) is 4.90 Å². The third-order valence-corrected chi connectivity index (χ3v) is 2.52. The average molecular weight is 165 g/mol. The second-order valence-electron chi connectivity index (χ2n) is 2.22. The molecule has 0 aliphatic carbocycles. The molecule has 0 spiro atoms. The third-order valence-electron chi connectivity index (χ3n) is 1.45. The molecule has 1 saturated heterocycles. The Hall–Kier alpha value is -0.620. The number of rotatable bonds is 1. The quantitative estimate of drug-likeness (QED) is 0.387. The molecule has 0 bridgehead atoms. The number of hydrogen-bond acceptors (Lipinski definition) is 3. The summed E-state index contributed by atoms with van der Waals surface area (Å²) in [5, 5.41) is -1.21. The van der Waals surface area contributed by atoms with Crippen LogP contribution in [-0.2, 0) is 14.9 Å². The van der Waals surface area contributed by atoms with Gasteiger partial charge >= 0.3 is 0 Å². The van der Waals surface area contributed by atoms with Gasteiger partial charge in [-0.25, -0.2) is 0 Å². The molecule has 1 unspecified atom stereocenters. The van der Waals surface area contributed by atoms with E-state index in [0.29, 0.717) is 0 Å². The highest BCUT2D eigenvalue weighted by Gasteiger charge is 2.43. The predicted molar refractivity (Wildman–Crippen MR) is 33.0 cm³/mol. The smallest absolute Gasteiger partial charge is 0.278 e. The Morgan fingerprint density at radius 1 is 1.70 bits per heavy atom. The van der Waals surface area contributed by atoms with Gasteiger partial charge in [-0.15, -0.1) is 0 Å². The van der Waals surface area contributed by atoms with E-state index in [0.717, 1.165) is 0 Å². The molecule has 0 aromatic heterocycles. The van der Waals surface area contributed by atoms with Gasteiger partial charge in [0.25, 0.3) is 10.1 Å². The standard InChI is InChI=1S/C4H7NO4S/c1-5-2-3(4(5)6)10(7,8)9/h3H,2H2,1H3,(H,7,8,9). The molecule has 1 fully saturated rings. The van der Waals surface area contributed by atoms with Gasteiger partial charge in [0.15, 0.2) is 5.25 Å². The average Bonchev–Trinajstić information content (AvgIpc) is 1.79. The van der Waals surface area contributed by atoms with Crippen molar-refractivity contribution in [2.24, 2.45) is 0 Å². The molecule has 0 radical (unpaired) electrons. The molecular formula is C4H7NO4S. The van der Waals surface area contributed by atoms with Crippen LogP contribution in [-0.4, -0.2) is 42.6 Å². The van der Waals surface area contributed by atoms with E-state index in [2.05, 4.69) is 0 Å². The maximum atomic E-state index is 10.6. The fourth-order valence-corrected chi connectivity index (χ4v) is 1.62. The highest BCUT2D eigenvalue weighted by Crippen LogP contribution is 2.14. The van der Waals surface area contributed by atoms with Crippen LogP contribution in [0.1, 0.15) is 0 Å². The number of carbonyl (C=O) groups excluding carboxylic acids is 1. The molecule has 58 valence electrons. The van der Waals surface area contributed by atoms with E-state index in [4.69, 9.17) is 4.55 Å². The first-order chi connectivity index (χ1) is 4.43. The van der Waals surface area contributed by atoms with E-state index >= 15 is 0 Å². The number of hydrogen-bond donors (Lipinski definition) is 1. The summed E-state index contributed by atoms with van der Waals surface area (Å²) in [6.07, 6.45) is 0. The zero-order valence-electron chi connectivity index (χ0n) is 5.31. The first-order valence-corrected chi connectivity index (χ1v) is 4.14. The Morgan fingerprint density at radius 2 is 2.20 bits per heavy atom. The van der Waals surface area contributed by atoms with Crippen LogP contribution in [0, 0.1) is 0 Å². The Labute approximate surface area is 58.4 Å². The van der Waals surface area contributed by atoms with E-state index in [1.54, 1.807) is 0 Å². The van der Waals surface area contributed by atoms with Gasteiger partial charge in [-0.3, -0.25) is 9.35 Å². The Balaban J connectivity index is 2.75. The van der Waals surface area contributed by atoms with E-state index < -0.39 is 21.3 Å². The van der Waals surface area contributed by atoms with Gasteiger partial charge in [0.2, 0.25) is 5.91 Å². The van der Waals surface area contributed by atoms with Gasteiger partial charge in [0.05, 0.1) is 0 Å². The number of amides is 1. The lowest BCUT2D eigenvalue weighted by Crippen LogP contribution is -2.57. The molecule has 0 saturated carbocycles. The predicted octanol–water partition coefficient (Wildman–Crippen LogP) is -1.29. The summed E-state index contributed by atoms with van der Waals surface area (Å²) in [6, 6.07) is 0. The largest absolute Gasteiger partial charge is 0.343 e. The van der Waals surface area contributed by atoms with Crippen LogP contribution >= 0.6 is 0 Å². The summed E-state index contributed by atoms with van der Waals surface area (Å²) in [6.45, 7) is 0.0949. The number of likely N-dealkylation sites (tertiary alicyclic amines) is 1. The van der Waals surface area contributed by atoms with Crippen LogP contribution < -0.4 is 0 Å². The molecule has 0 aromatic carbocycles. The van der Waals surface area contributed by atoms with Crippen molar-refractivity contribution < 1.29 is 17.8 Å². The second kappa shape index (κ2) is 1.93. The third kappa shape index (κ3) is 0.994. The maximum absolute atomic E-state index is 10.6. The molecule has 5 nitrogen and oxygen atoms in total. The van der Waals surface area contributed by atoms with Crippen LogP contribution in [0.2, 0.25) is 0 Å². The molecule has 10 heavy (non-hydrogen) atoms. The summed E-state index contributed by atoms with van der Waals surface area (Å²) in [5.74, 6) is -0.539.